The fourth-order valence-corrected chi connectivity index (χ4v) is 2.84. The van der Waals surface area contributed by atoms with E-state index in [9.17, 15) is 0 Å². The molecule has 0 bridgehead atoms. The zero-order valence-corrected chi connectivity index (χ0v) is 9.39. The van der Waals surface area contributed by atoms with Gasteiger partial charge in [-0.3, -0.25) is 0 Å². The first-order chi connectivity index (χ1) is 7.38. The summed E-state index contributed by atoms with van der Waals surface area (Å²) in [5.41, 5.74) is 1.80. The molecule has 0 radical (unpaired) electrons. The molecule has 2 rings (SSSR count). The highest BCUT2D eigenvalue weighted by molar-refractivity contribution is 7.99. The molecular formula is C12H14N2S. The van der Waals surface area contributed by atoms with Gasteiger partial charge in [0.05, 0.1) is 11.6 Å². The molecule has 2 nitrogen and oxygen atoms in total. The Bertz CT molecular complexity index is 364. The predicted molar refractivity (Wildman–Crippen MR) is 65.1 cm³/mol. The summed E-state index contributed by atoms with van der Waals surface area (Å²) < 4.78 is 0. The molecule has 1 saturated heterocycles. The second-order valence-electron chi connectivity index (χ2n) is 3.75. The van der Waals surface area contributed by atoms with Crippen molar-refractivity contribution in [1.82, 2.24) is 0 Å². The van der Waals surface area contributed by atoms with Crippen molar-refractivity contribution in [1.29, 1.82) is 5.26 Å². The van der Waals surface area contributed by atoms with Crippen molar-refractivity contribution < 1.29 is 0 Å². The monoisotopic (exact) mass is 218 g/mol. The quantitative estimate of drug-likeness (QED) is 0.829. The topological polar surface area (TPSA) is 35.8 Å². The first-order valence-electron chi connectivity index (χ1n) is 5.23. The lowest BCUT2D eigenvalue weighted by atomic mass is 10.1. The number of benzene rings is 1. The van der Waals surface area contributed by atoms with E-state index in [2.05, 4.69) is 11.4 Å². The third-order valence-electron chi connectivity index (χ3n) is 2.52. The van der Waals surface area contributed by atoms with E-state index >= 15 is 0 Å². The smallest absolute Gasteiger partial charge is 0.0992 e. The first-order valence-corrected chi connectivity index (χ1v) is 6.38. The van der Waals surface area contributed by atoms with E-state index < -0.39 is 0 Å². The van der Waals surface area contributed by atoms with Crippen LogP contribution in [0.1, 0.15) is 18.4 Å². The van der Waals surface area contributed by atoms with Crippen LogP contribution >= 0.6 is 11.8 Å². The number of nitriles is 1. The third kappa shape index (κ3) is 2.90. The highest BCUT2D eigenvalue weighted by Gasteiger charge is 2.12. The van der Waals surface area contributed by atoms with Crippen LogP contribution in [0.3, 0.4) is 0 Å². The van der Waals surface area contributed by atoms with Crippen molar-refractivity contribution in [3.05, 3.63) is 29.8 Å². The Kier molecular flexibility index (Phi) is 3.52. The average molecular weight is 218 g/mol. The molecule has 0 saturated carbocycles. The maximum atomic E-state index is 8.79. The molecule has 1 fully saturated rings. The molecule has 15 heavy (non-hydrogen) atoms. The molecule has 1 aliphatic heterocycles. The Morgan fingerprint density at radius 2 is 2.40 bits per heavy atom. The fraction of sp³-hybridized carbons (Fsp3) is 0.417. The van der Waals surface area contributed by atoms with E-state index in [4.69, 9.17) is 5.26 Å². The zero-order valence-electron chi connectivity index (χ0n) is 8.57. The Morgan fingerprint density at radius 1 is 1.47 bits per heavy atom. The molecular weight excluding hydrogens is 204 g/mol. The SMILES string of the molecule is N#Cc1cccc(NC2CCCSC2)c1. The van der Waals surface area contributed by atoms with Crippen molar-refractivity contribution in [2.24, 2.45) is 0 Å². The number of nitrogens with zero attached hydrogens (tertiary/aromatic N) is 1. The van der Waals surface area contributed by atoms with Gasteiger partial charge in [-0.15, -0.1) is 0 Å². The van der Waals surface area contributed by atoms with E-state index in [1.807, 2.05) is 36.0 Å². The lowest BCUT2D eigenvalue weighted by molar-refractivity contribution is 0.685. The summed E-state index contributed by atoms with van der Waals surface area (Å²) in [6, 6.07) is 10.4. The van der Waals surface area contributed by atoms with Crippen LogP contribution in [0.2, 0.25) is 0 Å². The van der Waals surface area contributed by atoms with Gasteiger partial charge >= 0.3 is 0 Å². The minimum absolute atomic E-state index is 0.567. The largest absolute Gasteiger partial charge is 0.381 e. The molecule has 3 heteroatoms. The van der Waals surface area contributed by atoms with Crippen LogP contribution in [0, 0.1) is 11.3 Å². The summed E-state index contributed by atoms with van der Waals surface area (Å²) in [6.07, 6.45) is 2.53. The van der Waals surface area contributed by atoms with Crippen molar-refractivity contribution in [3.63, 3.8) is 0 Å². The number of nitrogens with one attached hydrogen (secondary N) is 1. The van der Waals surface area contributed by atoms with Gasteiger partial charge in [0, 0.05) is 17.5 Å². The first kappa shape index (κ1) is 10.4. The van der Waals surface area contributed by atoms with Crippen molar-refractivity contribution >= 4 is 17.4 Å². The number of anilines is 1. The molecule has 1 aromatic carbocycles. The Labute approximate surface area is 94.7 Å². The average Bonchev–Trinajstić information content (AvgIpc) is 2.31. The Hall–Kier alpha value is -1.14. The van der Waals surface area contributed by atoms with Crippen LogP contribution in [-0.2, 0) is 0 Å². The number of rotatable bonds is 2. The number of hydrogen-bond donors (Lipinski definition) is 1. The highest BCUT2D eigenvalue weighted by Crippen LogP contribution is 2.21. The molecule has 1 unspecified atom stereocenters. The van der Waals surface area contributed by atoms with Gasteiger partial charge in [-0.05, 0) is 36.8 Å². The fourth-order valence-electron chi connectivity index (χ4n) is 1.77. The van der Waals surface area contributed by atoms with Gasteiger partial charge in [0.2, 0.25) is 0 Å². The number of hydrogen-bond acceptors (Lipinski definition) is 3. The van der Waals surface area contributed by atoms with Gasteiger partial charge in [0.15, 0.2) is 0 Å². The molecule has 1 N–H and O–H groups in total. The lowest BCUT2D eigenvalue weighted by Crippen LogP contribution is -2.25. The summed E-state index contributed by atoms with van der Waals surface area (Å²) in [5.74, 6) is 2.47. The molecule has 0 aliphatic carbocycles. The van der Waals surface area contributed by atoms with Crippen LogP contribution in [-0.4, -0.2) is 17.5 Å². The zero-order chi connectivity index (χ0) is 10.5. The molecule has 0 aromatic heterocycles. The van der Waals surface area contributed by atoms with Gasteiger partial charge in [-0.1, -0.05) is 6.07 Å². The van der Waals surface area contributed by atoms with Gasteiger partial charge in [0.1, 0.15) is 0 Å². The van der Waals surface area contributed by atoms with Gasteiger partial charge in [-0.25, -0.2) is 0 Å². The van der Waals surface area contributed by atoms with Crippen molar-refractivity contribution in [2.45, 2.75) is 18.9 Å². The van der Waals surface area contributed by atoms with E-state index in [1.165, 1.54) is 24.3 Å². The van der Waals surface area contributed by atoms with Gasteiger partial charge < -0.3 is 5.32 Å². The number of thioether (sulfide) groups is 1. The summed E-state index contributed by atoms with van der Waals surface area (Å²) in [4.78, 5) is 0. The maximum Gasteiger partial charge on any atom is 0.0992 e. The molecule has 1 aliphatic rings. The molecule has 0 amide bonds. The molecule has 1 heterocycles. The summed E-state index contributed by atoms with van der Waals surface area (Å²) in [6.45, 7) is 0. The van der Waals surface area contributed by atoms with Gasteiger partial charge in [-0.2, -0.15) is 17.0 Å². The van der Waals surface area contributed by atoms with E-state index in [0.717, 1.165) is 11.3 Å². The third-order valence-corrected chi connectivity index (χ3v) is 3.74. The second kappa shape index (κ2) is 5.09. The molecule has 0 spiro atoms. The van der Waals surface area contributed by atoms with E-state index in [-0.39, 0.29) is 0 Å². The maximum absolute atomic E-state index is 8.79. The van der Waals surface area contributed by atoms with Crippen LogP contribution < -0.4 is 5.32 Å². The van der Waals surface area contributed by atoms with Crippen LogP contribution in [0.4, 0.5) is 5.69 Å². The highest BCUT2D eigenvalue weighted by atomic mass is 32.2. The molecule has 78 valence electrons. The van der Waals surface area contributed by atoms with Crippen LogP contribution in [0.25, 0.3) is 0 Å². The second-order valence-corrected chi connectivity index (χ2v) is 4.90. The van der Waals surface area contributed by atoms with E-state index in [1.54, 1.807) is 0 Å². The Morgan fingerprint density at radius 3 is 3.13 bits per heavy atom. The lowest BCUT2D eigenvalue weighted by Gasteiger charge is -2.23. The summed E-state index contributed by atoms with van der Waals surface area (Å²) in [7, 11) is 0. The standard InChI is InChI=1S/C12H14N2S/c13-8-10-3-1-4-11(7-10)14-12-5-2-6-15-9-12/h1,3-4,7,12,14H,2,5-6,9H2. The van der Waals surface area contributed by atoms with E-state index in [0.29, 0.717) is 6.04 Å². The minimum atomic E-state index is 0.567. The van der Waals surface area contributed by atoms with Crippen molar-refractivity contribution in [3.8, 4) is 6.07 Å². The van der Waals surface area contributed by atoms with Crippen molar-refractivity contribution in [2.75, 3.05) is 16.8 Å². The van der Waals surface area contributed by atoms with Gasteiger partial charge in [0.25, 0.3) is 0 Å². The van der Waals surface area contributed by atoms with Crippen LogP contribution in [0.15, 0.2) is 24.3 Å². The summed E-state index contributed by atoms with van der Waals surface area (Å²) >= 11 is 2.00. The molecule has 1 aromatic rings. The predicted octanol–water partition coefficient (Wildman–Crippen LogP) is 2.87. The Balaban J connectivity index is 2.00. The molecule has 1 atom stereocenters. The normalized spacial score (nSPS) is 20.6. The summed E-state index contributed by atoms with van der Waals surface area (Å²) in [5, 5.41) is 12.3. The minimum Gasteiger partial charge on any atom is -0.381 e. The van der Waals surface area contributed by atoms with Crippen LogP contribution in [0.5, 0.6) is 0 Å².